The second kappa shape index (κ2) is 9.39. The average molecular weight is 459 g/mol. The quantitative estimate of drug-likeness (QED) is 0.369. The Hall–Kier alpha value is -2.33. The van der Waals surface area contributed by atoms with Crippen molar-refractivity contribution >= 4 is 34.2 Å². The fraction of sp³-hybridized carbons (Fsp3) is 0.238. The zero-order valence-corrected chi connectivity index (χ0v) is 17.3. The second-order valence-electron chi connectivity index (χ2n) is 6.06. The number of rotatable bonds is 6. The minimum absolute atomic E-state index is 0.0416. The number of nitriles is 1. The molecule has 2 N–H and O–H groups in total. The molecule has 0 aliphatic heterocycles. The highest BCUT2D eigenvalue weighted by Gasteiger charge is 2.14. The molecule has 0 aromatic heterocycles. The number of hydrogen-bond donors (Lipinski definition) is 2. The molecule has 1 unspecified atom stereocenters. The number of nitrogens with one attached hydrogen (secondary N) is 2. The van der Waals surface area contributed by atoms with Gasteiger partial charge in [0.1, 0.15) is 11.6 Å². The number of aryl methyl sites for hydroxylation is 2. The lowest BCUT2D eigenvalue weighted by Crippen LogP contribution is -2.28. The molecule has 5 heteroatoms. The van der Waals surface area contributed by atoms with E-state index in [-0.39, 0.29) is 11.6 Å². The molecule has 0 heterocycles. The second-order valence-corrected chi connectivity index (χ2v) is 7.31. The predicted octanol–water partition coefficient (Wildman–Crippen LogP) is 4.86. The van der Waals surface area contributed by atoms with Crippen molar-refractivity contribution in [3.63, 3.8) is 0 Å². The average Bonchev–Trinajstić information content (AvgIpc) is 2.63. The maximum absolute atomic E-state index is 12.4. The minimum Gasteiger partial charge on any atom is -0.360 e. The van der Waals surface area contributed by atoms with E-state index in [1.807, 2.05) is 50.2 Å². The van der Waals surface area contributed by atoms with Gasteiger partial charge in [-0.15, -0.1) is 0 Å². The van der Waals surface area contributed by atoms with Gasteiger partial charge in [0.25, 0.3) is 5.91 Å². The normalized spacial score (nSPS) is 12.2. The molecule has 0 radical (unpaired) electrons. The fourth-order valence-electron chi connectivity index (χ4n) is 2.49. The molecule has 4 nitrogen and oxygen atoms in total. The highest BCUT2D eigenvalue weighted by molar-refractivity contribution is 14.1. The van der Waals surface area contributed by atoms with E-state index in [2.05, 4.69) is 52.3 Å². The van der Waals surface area contributed by atoms with Crippen LogP contribution in [0.4, 0.5) is 5.69 Å². The van der Waals surface area contributed by atoms with E-state index in [0.717, 1.165) is 26.8 Å². The Morgan fingerprint density at radius 2 is 1.96 bits per heavy atom. The summed E-state index contributed by atoms with van der Waals surface area (Å²) >= 11 is 2.25. The van der Waals surface area contributed by atoms with Gasteiger partial charge < -0.3 is 10.6 Å². The van der Waals surface area contributed by atoms with Gasteiger partial charge in [-0.1, -0.05) is 31.2 Å². The third kappa shape index (κ3) is 5.33. The Bertz CT molecular complexity index is 851. The lowest BCUT2D eigenvalue weighted by molar-refractivity contribution is -0.117. The summed E-state index contributed by atoms with van der Waals surface area (Å²) in [4.78, 5) is 12.4. The van der Waals surface area contributed by atoms with Crippen LogP contribution in [0.1, 0.15) is 36.6 Å². The van der Waals surface area contributed by atoms with Crippen LogP contribution >= 0.6 is 22.6 Å². The standard InChI is InChI=1S/C21H22IN3O/c1-4-16-5-7-17(8-6-16)15(3)25-21(26)18(12-23)13-24-20-10-9-19(22)11-14(20)2/h5-11,13,15,24H,4H2,1-3H3,(H,25,26)/b18-13-. The van der Waals surface area contributed by atoms with Crippen LogP contribution in [0.5, 0.6) is 0 Å². The third-order valence-corrected chi connectivity index (χ3v) is 4.83. The van der Waals surface area contributed by atoms with Crippen molar-refractivity contribution in [3.8, 4) is 6.07 Å². The number of halogens is 1. The summed E-state index contributed by atoms with van der Waals surface area (Å²) in [5.74, 6) is -0.393. The molecule has 0 saturated heterocycles. The molecule has 1 atom stereocenters. The van der Waals surface area contributed by atoms with Crippen LogP contribution in [0, 0.1) is 21.8 Å². The summed E-state index contributed by atoms with van der Waals surface area (Å²) in [5.41, 5.74) is 4.22. The lowest BCUT2D eigenvalue weighted by Gasteiger charge is -2.14. The van der Waals surface area contributed by atoms with E-state index in [0.29, 0.717) is 0 Å². The van der Waals surface area contributed by atoms with Crippen molar-refractivity contribution < 1.29 is 4.79 Å². The molecule has 0 aliphatic carbocycles. The van der Waals surface area contributed by atoms with Gasteiger partial charge in [0.15, 0.2) is 0 Å². The van der Waals surface area contributed by atoms with Crippen molar-refractivity contribution in [2.45, 2.75) is 33.2 Å². The summed E-state index contributed by atoms with van der Waals surface area (Å²) in [5, 5.41) is 15.2. The summed E-state index contributed by atoms with van der Waals surface area (Å²) in [7, 11) is 0. The monoisotopic (exact) mass is 459 g/mol. The molecule has 0 spiro atoms. The van der Waals surface area contributed by atoms with Crippen LogP contribution in [0.3, 0.4) is 0 Å². The number of benzene rings is 2. The van der Waals surface area contributed by atoms with Crippen LogP contribution in [0.15, 0.2) is 54.2 Å². The predicted molar refractivity (Wildman–Crippen MR) is 114 cm³/mol. The van der Waals surface area contributed by atoms with E-state index >= 15 is 0 Å². The van der Waals surface area contributed by atoms with Gasteiger partial charge in [-0.3, -0.25) is 4.79 Å². The Morgan fingerprint density at radius 3 is 2.54 bits per heavy atom. The van der Waals surface area contributed by atoms with E-state index in [1.54, 1.807) is 0 Å². The lowest BCUT2D eigenvalue weighted by atomic mass is 10.0. The van der Waals surface area contributed by atoms with Crippen molar-refractivity contribution in [1.29, 1.82) is 5.26 Å². The summed E-state index contributed by atoms with van der Waals surface area (Å²) in [6.07, 6.45) is 2.43. The molecular weight excluding hydrogens is 437 g/mol. The number of amides is 1. The molecular formula is C21H22IN3O. The van der Waals surface area contributed by atoms with Crippen LogP contribution in [0.25, 0.3) is 0 Å². The van der Waals surface area contributed by atoms with Crippen LogP contribution in [-0.4, -0.2) is 5.91 Å². The molecule has 0 fully saturated rings. The van der Waals surface area contributed by atoms with E-state index in [1.165, 1.54) is 11.8 Å². The summed E-state index contributed by atoms with van der Waals surface area (Å²) in [6.45, 7) is 5.99. The molecule has 2 aromatic rings. The van der Waals surface area contributed by atoms with Crippen molar-refractivity contribution in [2.75, 3.05) is 5.32 Å². The highest BCUT2D eigenvalue weighted by atomic mass is 127. The van der Waals surface area contributed by atoms with Crippen molar-refractivity contribution in [3.05, 3.63) is 74.5 Å². The number of hydrogen-bond acceptors (Lipinski definition) is 3. The van der Waals surface area contributed by atoms with Crippen molar-refractivity contribution in [1.82, 2.24) is 5.32 Å². The molecule has 0 saturated carbocycles. The van der Waals surface area contributed by atoms with Crippen LogP contribution < -0.4 is 10.6 Å². The molecule has 26 heavy (non-hydrogen) atoms. The third-order valence-electron chi connectivity index (χ3n) is 4.16. The number of anilines is 1. The first-order valence-electron chi connectivity index (χ1n) is 8.47. The first-order valence-corrected chi connectivity index (χ1v) is 9.55. The maximum atomic E-state index is 12.4. The molecule has 1 amide bonds. The molecule has 2 aromatic carbocycles. The van der Waals surface area contributed by atoms with Gasteiger partial charge in [0.2, 0.25) is 0 Å². The van der Waals surface area contributed by atoms with Crippen LogP contribution in [0.2, 0.25) is 0 Å². The zero-order valence-electron chi connectivity index (χ0n) is 15.1. The highest BCUT2D eigenvalue weighted by Crippen LogP contribution is 2.18. The Balaban J connectivity index is 2.06. The smallest absolute Gasteiger partial charge is 0.263 e. The van der Waals surface area contributed by atoms with Gasteiger partial charge in [-0.2, -0.15) is 5.26 Å². The van der Waals surface area contributed by atoms with E-state index < -0.39 is 5.91 Å². The maximum Gasteiger partial charge on any atom is 0.263 e. The van der Waals surface area contributed by atoms with Crippen LogP contribution in [-0.2, 0) is 11.2 Å². The van der Waals surface area contributed by atoms with Crippen molar-refractivity contribution in [2.24, 2.45) is 0 Å². The first-order chi connectivity index (χ1) is 12.4. The summed E-state index contributed by atoms with van der Waals surface area (Å²) < 4.78 is 1.13. The first kappa shape index (κ1) is 20.0. The van der Waals surface area contributed by atoms with E-state index in [9.17, 15) is 10.1 Å². The molecule has 134 valence electrons. The minimum atomic E-state index is -0.393. The van der Waals surface area contributed by atoms with Gasteiger partial charge in [0.05, 0.1) is 6.04 Å². The summed E-state index contributed by atoms with van der Waals surface area (Å²) in [6, 6.07) is 15.8. The topological polar surface area (TPSA) is 64.9 Å². The Morgan fingerprint density at radius 1 is 1.27 bits per heavy atom. The number of carbonyl (C=O) groups is 1. The molecule has 2 rings (SSSR count). The Kier molecular flexibility index (Phi) is 7.22. The zero-order chi connectivity index (χ0) is 19.1. The number of carbonyl (C=O) groups excluding carboxylic acids is 1. The molecule has 0 aliphatic rings. The Labute approximate surface area is 168 Å². The van der Waals surface area contributed by atoms with Gasteiger partial charge in [-0.25, -0.2) is 0 Å². The SMILES string of the molecule is CCc1ccc(C(C)NC(=O)/C(C#N)=C\Nc2ccc(I)cc2C)cc1. The molecule has 0 bridgehead atoms. The van der Waals surface area contributed by atoms with Gasteiger partial charge >= 0.3 is 0 Å². The fourth-order valence-corrected chi connectivity index (χ4v) is 3.13. The largest absolute Gasteiger partial charge is 0.360 e. The number of nitrogens with zero attached hydrogens (tertiary/aromatic N) is 1. The van der Waals surface area contributed by atoms with E-state index in [4.69, 9.17) is 0 Å². The van der Waals surface area contributed by atoms with Gasteiger partial charge in [-0.05, 0) is 77.7 Å². The van der Waals surface area contributed by atoms with Gasteiger partial charge in [0, 0.05) is 15.5 Å².